The Balaban J connectivity index is 2.12. The summed E-state index contributed by atoms with van der Waals surface area (Å²) in [7, 11) is 0. The van der Waals surface area contributed by atoms with Gasteiger partial charge in [-0.05, 0) is 30.2 Å². The molecule has 0 amide bonds. The molecule has 21 heavy (non-hydrogen) atoms. The van der Waals surface area contributed by atoms with E-state index < -0.39 is 10.9 Å². The van der Waals surface area contributed by atoms with Crippen LogP contribution in [0, 0.1) is 17.0 Å². The van der Waals surface area contributed by atoms with E-state index >= 15 is 0 Å². The van der Waals surface area contributed by atoms with E-state index in [1.165, 1.54) is 12.1 Å². The second-order valence-electron chi connectivity index (χ2n) is 4.53. The molecule has 0 bridgehead atoms. The van der Waals surface area contributed by atoms with Crippen LogP contribution in [0.2, 0.25) is 0 Å². The number of hydrogen-bond acceptors (Lipinski definition) is 5. The molecule has 2 rings (SSSR count). The second kappa shape index (κ2) is 6.04. The summed E-state index contributed by atoms with van der Waals surface area (Å²) < 4.78 is 5.17. The first-order chi connectivity index (χ1) is 9.99. The molecular weight excluding hydrogens is 272 g/mol. The van der Waals surface area contributed by atoms with Gasteiger partial charge in [-0.2, -0.15) is 0 Å². The number of benzene rings is 2. The molecule has 0 unspecified atom stereocenters. The number of carbonyl (C=O) groups is 1. The molecule has 0 atom stereocenters. The minimum Gasteiger partial charge on any atom is -0.457 e. The van der Waals surface area contributed by atoms with E-state index in [4.69, 9.17) is 10.5 Å². The maximum Gasteiger partial charge on any atom is 0.338 e. The third-order valence-corrected chi connectivity index (χ3v) is 3.08. The van der Waals surface area contributed by atoms with Crippen LogP contribution in [-0.4, -0.2) is 10.9 Å². The number of nitrogen functional groups attached to an aromatic ring is 1. The lowest BCUT2D eigenvalue weighted by molar-refractivity contribution is -0.383. The highest BCUT2D eigenvalue weighted by atomic mass is 16.6. The number of ether oxygens (including phenoxy) is 1. The summed E-state index contributed by atoms with van der Waals surface area (Å²) in [6, 6.07) is 11.4. The van der Waals surface area contributed by atoms with Crippen LogP contribution >= 0.6 is 0 Å². The topological polar surface area (TPSA) is 95.5 Å². The fourth-order valence-electron chi connectivity index (χ4n) is 1.83. The first-order valence-electron chi connectivity index (χ1n) is 6.24. The number of rotatable bonds is 4. The summed E-state index contributed by atoms with van der Waals surface area (Å²) in [4.78, 5) is 22.1. The first kappa shape index (κ1) is 14.5. The lowest BCUT2D eigenvalue weighted by atomic mass is 10.1. The van der Waals surface area contributed by atoms with Crippen molar-refractivity contribution in [2.24, 2.45) is 0 Å². The second-order valence-corrected chi connectivity index (χ2v) is 4.53. The van der Waals surface area contributed by atoms with Gasteiger partial charge in [-0.3, -0.25) is 10.1 Å². The molecule has 0 saturated heterocycles. The molecule has 108 valence electrons. The predicted molar refractivity (Wildman–Crippen MR) is 77.8 cm³/mol. The Morgan fingerprint density at radius 2 is 2.00 bits per heavy atom. The molecule has 0 spiro atoms. The summed E-state index contributed by atoms with van der Waals surface area (Å²) in [5.41, 5.74) is 7.18. The highest BCUT2D eigenvalue weighted by Crippen LogP contribution is 2.23. The van der Waals surface area contributed by atoms with Crippen LogP contribution in [0.25, 0.3) is 0 Å². The number of carbonyl (C=O) groups excluding carboxylic acids is 1. The predicted octanol–water partition coefficient (Wildman–Crippen LogP) is 2.84. The van der Waals surface area contributed by atoms with Crippen molar-refractivity contribution in [2.45, 2.75) is 13.5 Å². The van der Waals surface area contributed by atoms with E-state index in [9.17, 15) is 14.9 Å². The van der Waals surface area contributed by atoms with Gasteiger partial charge < -0.3 is 10.5 Å². The number of nitro groups is 1. The summed E-state index contributed by atoms with van der Waals surface area (Å²) in [6.45, 7) is 2.03. The van der Waals surface area contributed by atoms with Gasteiger partial charge in [0.25, 0.3) is 5.69 Å². The van der Waals surface area contributed by atoms with Crippen molar-refractivity contribution >= 4 is 17.3 Å². The maximum absolute atomic E-state index is 11.9. The molecule has 2 aromatic carbocycles. The van der Waals surface area contributed by atoms with Crippen molar-refractivity contribution in [2.75, 3.05) is 5.73 Å². The number of nitrogens with zero attached hydrogens (tertiary/aromatic N) is 1. The molecular formula is C15H14N2O4. The Morgan fingerprint density at radius 3 is 2.67 bits per heavy atom. The quantitative estimate of drug-likeness (QED) is 0.403. The monoisotopic (exact) mass is 286 g/mol. The van der Waals surface area contributed by atoms with Crippen LogP contribution in [-0.2, 0) is 11.3 Å². The van der Waals surface area contributed by atoms with E-state index in [1.807, 2.05) is 31.2 Å². The molecule has 0 aliphatic heterocycles. The number of hydrogen-bond donors (Lipinski definition) is 1. The van der Waals surface area contributed by atoms with Crippen LogP contribution in [0.4, 0.5) is 11.4 Å². The van der Waals surface area contributed by atoms with Gasteiger partial charge in [0.2, 0.25) is 0 Å². The van der Waals surface area contributed by atoms with Gasteiger partial charge in [0.15, 0.2) is 0 Å². The number of anilines is 1. The van der Waals surface area contributed by atoms with Gasteiger partial charge in [-0.25, -0.2) is 4.79 Å². The normalized spacial score (nSPS) is 10.1. The summed E-state index contributed by atoms with van der Waals surface area (Å²) >= 11 is 0. The number of aryl methyl sites for hydroxylation is 1. The molecule has 2 N–H and O–H groups in total. The van der Waals surface area contributed by atoms with Crippen LogP contribution in [0.1, 0.15) is 21.5 Å². The third-order valence-electron chi connectivity index (χ3n) is 3.08. The fraction of sp³-hybridized carbons (Fsp3) is 0.133. The number of esters is 1. The van der Waals surface area contributed by atoms with Crippen LogP contribution in [0.3, 0.4) is 0 Å². The molecule has 0 radical (unpaired) electrons. The van der Waals surface area contributed by atoms with Gasteiger partial charge >= 0.3 is 5.97 Å². The molecule has 0 fully saturated rings. The molecule has 0 aliphatic rings. The molecule has 0 aromatic heterocycles. The van der Waals surface area contributed by atoms with Crippen molar-refractivity contribution in [3.63, 3.8) is 0 Å². The Hall–Kier alpha value is -2.89. The number of nitrogens with two attached hydrogens (primary N) is 1. The minimum absolute atomic E-state index is 0.00968. The zero-order valence-electron chi connectivity index (χ0n) is 11.4. The highest BCUT2D eigenvalue weighted by Gasteiger charge is 2.16. The summed E-state index contributed by atoms with van der Waals surface area (Å²) in [5, 5.41) is 10.8. The van der Waals surface area contributed by atoms with Gasteiger partial charge in [0.05, 0.1) is 10.5 Å². The first-order valence-corrected chi connectivity index (χ1v) is 6.24. The van der Waals surface area contributed by atoms with E-state index in [-0.39, 0.29) is 23.5 Å². The molecule has 0 saturated carbocycles. The van der Waals surface area contributed by atoms with Gasteiger partial charge in [-0.15, -0.1) is 0 Å². The van der Waals surface area contributed by atoms with Crippen molar-refractivity contribution < 1.29 is 14.5 Å². The minimum atomic E-state index is -0.631. The van der Waals surface area contributed by atoms with Crippen molar-refractivity contribution in [3.05, 3.63) is 69.3 Å². The van der Waals surface area contributed by atoms with E-state index in [0.717, 1.165) is 17.2 Å². The average Bonchev–Trinajstić information content (AvgIpc) is 2.46. The Kier molecular flexibility index (Phi) is 4.18. The smallest absolute Gasteiger partial charge is 0.338 e. The van der Waals surface area contributed by atoms with Gasteiger partial charge in [0.1, 0.15) is 12.3 Å². The molecule has 0 heterocycles. The van der Waals surface area contributed by atoms with E-state index in [0.29, 0.717) is 0 Å². The van der Waals surface area contributed by atoms with Crippen molar-refractivity contribution in [3.8, 4) is 0 Å². The van der Waals surface area contributed by atoms with Crippen molar-refractivity contribution in [1.29, 1.82) is 0 Å². The SMILES string of the molecule is Cc1ccccc1COC(=O)c1ccc(N)c([N+](=O)[O-])c1. The average molecular weight is 286 g/mol. The van der Waals surface area contributed by atoms with E-state index in [2.05, 4.69) is 0 Å². The molecule has 2 aromatic rings. The summed E-state index contributed by atoms with van der Waals surface area (Å²) in [6.07, 6.45) is 0. The van der Waals surface area contributed by atoms with Crippen LogP contribution < -0.4 is 5.73 Å². The van der Waals surface area contributed by atoms with Crippen LogP contribution in [0.5, 0.6) is 0 Å². The largest absolute Gasteiger partial charge is 0.457 e. The summed E-state index contributed by atoms with van der Waals surface area (Å²) in [5.74, 6) is -0.624. The molecule has 6 heteroatoms. The lowest BCUT2D eigenvalue weighted by Crippen LogP contribution is -2.07. The van der Waals surface area contributed by atoms with Gasteiger partial charge in [-0.1, -0.05) is 24.3 Å². The third kappa shape index (κ3) is 3.36. The van der Waals surface area contributed by atoms with Gasteiger partial charge in [0, 0.05) is 6.07 Å². The Labute approximate surface area is 121 Å². The lowest BCUT2D eigenvalue weighted by Gasteiger charge is -2.07. The Bertz CT molecular complexity index is 698. The highest BCUT2D eigenvalue weighted by molar-refractivity contribution is 5.91. The molecule has 0 aliphatic carbocycles. The van der Waals surface area contributed by atoms with Crippen molar-refractivity contribution in [1.82, 2.24) is 0 Å². The zero-order valence-corrected chi connectivity index (χ0v) is 11.4. The zero-order chi connectivity index (χ0) is 15.4. The molecule has 6 nitrogen and oxygen atoms in total. The number of nitro benzene ring substituents is 1. The maximum atomic E-state index is 11.9. The van der Waals surface area contributed by atoms with E-state index in [1.54, 1.807) is 0 Å². The Morgan fingerprint density at radius 1 is 1.29 bits per heavy atom. The standard InChI is InChI=1S/C15H14N2O4/c1-10-4-2-3-5-12(10)9-21-15(18)11-6-7-13(16)14(8-11)17(19)20/h2-8H,9,16H2,1H3. The fourth-order valence-corrected chi connectivity index (χ4v) is 1.83. The van der Waals surface area contributed by atoms with Crippen LogP contribution in [0.15, 0.2) is 42.5 Å².